The Hall–Kier alpha value is -1.59. The molecule has 2 rings (SSSR count). The molecule has 4 N–H and O–H groups in total. The van der Waals surface area contributed by atoms with E-state index in [4.69, 9.17) is 17.3 Å². The molecule has 0 aromatic heterocycles. The smallest absolute Gasteiger partial charge is 0.250 e. The summed E-state index contributed by atoms with van der Waals surface area (Å²) in [6.07, 6.45) is 4.10. The van der Waals surface area contributed by atoms with Gasteiger partial charge in [0.2, 0.25) is 11.8 Å². The molecule has 1 atom stereocenters. The lowest BCUT2D eigenvalue weighted by Gasteiger charge is -2.16. The second-order valence-corrected chi connectivity index (χ2v) is 5.31. The Morgan fingerprint density at radius 3 is 2.85 bits per heavy atom. The fourth-order valence-corrected chi connectivity index (χ4v) is 2.48. The summed E-state index contributed by atoms with van der Waals surface area (Å²) in [4.78, 5) is 23.4. The van der Waals surface area contributed by atoms with Crippen LogP contribution in [0.5, 0.6) is 0 Å². The quantitative estimate of drug-likeness (QED) is 0.796. The molecule has 1 unspecified atom stereocenters. The van der Waals surface area contributed by atoms with Crippen molar-refractivity contribution in [3.8, 4) is 0 Å². The molecular weight excluding hydrogens is 278 g/mol. The molecule has 1 saturated heterocycles. The number of nitrogens with one attached hydrogen (secondary N) is 2. The van der Waals surface area contributed by atoms with Crippen LogP contribution >= 0.6 is 11.6 Å². The van der Waals surface area contributed by atoms with Crippen LogP contribution in [0.1, 0.15) is 36.0 Å². The first-order chi connectivity index (χ1) is 9.58. The maximum Gasteiger partial charge on any atom is 0.250 e. The highest BCUT2D eigenvalue weighted by atomic mass is 35.5. The average molecular weight is 296 g/mol. The molecule has 1 fully saturated rings. The van der Waals surface area contributed by atoms with Gasteiger partial charge in [0.05, 0.1) is 16.6 Å². The minimum absolute atomic E-state index is 0.0929. The van der Waals surface area contributed by atoms with Crippen LogP contribution in [-0.2, 0) is 4.79 Å². The van der Waals surface area contributed by atoms with Gasteiger partial charge in [0.15, 0.2) is 0 Å². The van der Waals surface area contributed by atoms with E-state index in [9.17, 15) is 9.59 Å². The van der Waals surface area contributed by atoms with Gasteiger partial charge in [-0.15, -0.1) is 0 Å². The summed E-state index contributed by atoms with van der Waals surface area (Å²) in [5.41, 5.74) is 5.96. The number of amides is 2. The van der Waals surface area contributed by atoms with Gasteiger partial charge in [0.1, 0.15) is 0 Å². The normalized spacial score (nSPS) is 19.1. The molecule has 1 aliphatic rings. The van der Waals surface area contributed by atoms with Crippen LogP contribution in [0.15, 0.2) is 18.2 Å². The fraction of sp³-hybridized carbons (Fsp3) is 0.429. The monoisotopic (exact) mass is 295 g/mol. The van der Waals surface area contributed by atoms with Crippen LogP contribution in [0, 0.1) is 0 Å². The van der Waals surface area contributed by atoms with Gasteiger partial charge in [-0.1, -0.05) is 24.4 Å². The van der Waals surface area contributed by atoms with E-state index in [1.807, 2.05) is 0 Å². The lowest BCUT2D eigenvalue weighted by atomic mass is 10.1. The van der Waals surface area contributed by atoms with Gasteiger partial charge < -0.3 is 16.4 Å². The second kappa shape index (κ2) is 6.72. The lowest BCUT2D eigenvalue weighted by molar-refractivity contribution is -0.118. The zero-order valence-corrected chi connectivity index (χ0v) is 11.9. The molecule has 1 aromatic rings. The van der Waals surface area contributed by atoms with Crippen molar-refractivity contribution < 1.29 is 9.59 Å². The van der Waals surface area contributed by atoms with E-state index < -0.39 is 5.91 Å². The third kappa shape index (κ3) is 3.71. The fourth-order valence-electron chi connectivity index (χ4n) is 2.27. The SMILES string of the molecule is NC(=O)c1cc(NC(=O)C2CCCCCN2)ccc1Cl. The zero-order valence-electron chi connectivity index (χ0n) is 11.1. The molecular formula is C14H18ClN3O2. The number of primary amides is 1. The Morgan fingerprint density at radius 1 is 1.30 bits per heavy atom. The summed E-state index contributed by atoms with van der Waals surface area (Å²) in [5.74, 6) is -0.705. The van der Waals surface area contributed by atoms with E-state index in [0.29, 0.717) is 5.69 Å². The number of nitrogens with two attached hydrogens (primary N) is 1. The van der Waals surface area contributed by atoms with Crippen molar-refractivity contribution in [2.45, 2.75) is 31.7 Å². The largest absolute Gasteiger partial charge is 0.366 e. The summed E-state index contributed by atoms with van der Waals surface area (Å²) in [7, 11) is 0. The highest BCUT2D eigenvalue weighted by Crippen LogP contribution is 2.20. The molecule has 1 aromatic carbocycles. The molecule has 1 heterocycles. The van der Waals surface area contributed by atoms with Gasteiger partial charge in [-0.25, -0.2) is 0 Å². The maximum absolute atomic E-state index is 12.2. The van der Waals surface area contributed by atoms with E-state index in [1.165, 1.54) is 6.07 Å². The van der Waals surface area contributed by atoms with Crippen molar-refractivity contribution >= 4 is 29.1 Å². The summed E-state index contributed by atoms with van der Waals surface area (Å²) in [5, 5.41) is 6.30. The van der Waals surface area contributed by atoms with Crippen molar-refractivity contribution in [3.63, 3.8) is 0 Å². The van der Waals surface area contributed by atoms with Gasteiger partial charge in [-0.05, 0) is 37.6 Å². The molecule has 2 amide bonds. The van der Waals surface area contributed by atoms with Crippen LogP contribution < -0.4 is 16.4 Å². The molecule has 0 spiro atoms. The van der Waals surface area contributed by atoms with Crippen LogP contribution in [0.25, 0.3) is 0 Å². The highest BCUT2D eigenvalue weighted by Gasteiger charge is 2.20. The molecule has 0 saturated carbocycles. The Bertz CT molecular complexity index is 511. The topological polar surface area (TPSA) is 84.2 Å². The molecule has 20 heavy (non-hydrogen) atoms. The summed E-state index contributed by atoms with van der Waals surface area (Å²) >= 11 is 5.87. The van der Waals surface area contributed by atoms with Gasteiger partial charge in [-0.3, -0.25) is 9.59 Å². The maximum atomic E-state index is 12.2. The number of rotatable bonds is 3. The molecule has 0 aliphatic carbocycles. The lowest BCUT2D eigenvalue weighted by Crippen LogP contribution is -2.39. The van der Waals surface area contributed by atoms with Crippen molar-refractivity contribution in [3.05, 3.63) is 28.8 Å². The number of benzene rings is 1. The van der Waals surface area contributed by atoms with Crippen molar-refractivity contribution in [1.82, 2.24) is 5.32 Å². The molecule has 0 radical (unpaired) electrons. The first-order valence-corrected chi connectivity index (χ1v) is 7.09. The number of anilines is 1. The van der Waals surface area contributed by atoms with E-state index in [0.717, 1.165) is 32.2 Å². The molecule has 108 valence electrons. The van der Waals surface area contributed by atoms with Crippen LogP contribution in [0.3, 0.4) is 0 Å². The van der Waals surface area contributed by atoms with Gasteiger partial charge in [0, 0.05) is 5.69 Å². The zero-order chi connectivity index (χ0) is 14.5. The Morgan fingerprint density at radius 2 is 2.10 bits per heavy atom. The minimum atomic E-state index is -0.612. The van der Waals surface area contributed by atoms with Gasteiger partial charge in [0.25, 0.3) is 0 Å². The Balaban J connectivity index is 2.07. The predicted molar refractivity (Wildman–Crippen MR) is 78.9 cm³/mol. The van der Waals surface area contributed by atoms with E-state index >= 15 is 0 Å². The van der Waals surface area contributed by atoms with Crippen LogP contribution in [0.2, 0.25) is 5.02 Å². The number of hydrogen-bond acceptors (Lipinski definition) is 3. The molecule has 5 nitrogen and oxygen atoms in total. The second-order valence-electron chi connectivity index (χ2n) is 4.90. The number of hydrogen-bond donors (Lipinski definition) is 3. The first-order valence-electron chi connectivity index (χ1n) is 6.71. The number of carbonyl (C=O) groups excluding carboxylic acids is 2. The van der Waals surface area contributed by atoms with E-state index in [2.05, 4.69) is 10.6 Å². The number of carbonyl (C=O) groups is 2. The molecule has 0 bridgehead atoms. The highest BCUT2D eigenvalue weighted by molar-refractivity contribution is 6.34. The summed E-state index contributed by atoms with van der Waals surface area (Å²) in [6.45, 7) is 0.852. The average Bonchev–Trinajstić information content (AvgIpc) is 2.69. The van der Waals surface area contributed by atoms with Gasteiger partial charge >= 0.3 is 0 Å². The van der Waals surface area contributed by atoms with Crippen LogP contribution in [0.4, 0.5) is 5.69 Å². The van der Waals surface area contributed by atoms with Crippen molar-refractivity contribution in [2.24, 2.45) is 5.73 Å². The minimum Gasteiger partial charge on any atom is -0.366 e. The summed E-state index contributed by atoms with van der Waals surface area (Å²) in [6, 6.07) is 4.52. The van der Waals surface area contributed by atoms with Crippen LogP contribution in [-0.4, -0.2) is 24.4 Å². The third-order valence-corrected chi connectivity index (χ3v) is 3.71. The molecule has 1 aliphatic heterocycles. The van der Waals surface area contributed by atoms with Crippen molar-refractivity contribution in [1.29, 1.82) is 0 Å². The molecule has 6 heteroatoms. The first kappa shape index (κ1) is 14.8. The Labute approximate surface area is 122 Å². The standard InChI is InChI=1S/C14H18ClN3O2/c15-11-6-5-9(8-10(11)13(16)19)18-14(20)12-4-2-1-3-7-17-12/h5-6,8,12,17H,1-4,7H2,(H2,16,19)(H,18,20). The van der Waals surface area contributed by atoms with E-state index in [1.54, 1.807) is 12.1 Å². The Kier molecular flexibility index (Phi) is 4.98. The summed E-state index contributed by atoms with van der Waals surface area (Å²) < 4.78 is 0. The van der Waals surface area contributed by atoms with E-state index in [-0.39, 0.29) is 22.5 Å². The van der Waals surface area contributed by atoms with Gasteiger partial charge in [-0.2, -0.15) is 0 Å². The van der Waals surface area contributed by atoms with Crippen molar-refractivity contribution in [2.75, 3.05) is 11.9 Å². The third-order valence-electron chi connectivity index (χ3n) is 3.38. The number of halogens is 1. The predicted octanol–water partition coefficient (Wildman–Crippen LogP) is 1.91.